The van der Waals surface area contributed by atoms with Crippen molar-refractivity contribution >= 4 is 11.6 Å². The minimum atomic E-state index is -0.269. The van der Waals surface area contributed by atoms with Gasteiger partial charge < -0.3 is 33.7 Å². The van der Waals surface area contributed by atoms with Crippen molar-refractivity contribution in [2.24, 2.45) is 0 Å². The van der Waals surface area contributed by atoms with Crippen molar-refractivity contribution < 1.29 is 33.2 Å². The number of anilines is 1. The van der Waals surface area contributed by atoms with Crippen molar-refractivity contribution in [2.45, 2.75) is 13.3 Å². The number of carbonyl (C=O) groups excluding carboxylic acids is 1. The molecule has 0 radical (unpaired) electrons. The summed E-state index contributed by atoms with van der Waals surface area (Å²) in [6.07, 6.45) is 2.75. The number of para-hydroxylation sites is 1. The summed E-state index contributed by atoms with van der Waals surface area (Å²) in [5.74, 6) is 1.14. The SMILES string of the molecule is CCCOCCOCCOCCOCCOc1ccc(NC(=O)c2cn(-c3ccccc3)nc2-c2ccc(OC)cc2)cc1. The Morgan fingerprint density at radius 2 is 1.27 bits per heavy atom. The monoisotopic (exact) mass is 603 g/mol. The zero-order valence-electron chi connectivity index (χ0n) is 25.4. The minimum Gasteiger partial charge on any atom is -0.497 e. The van der Waals surface area contributed by atoms with Crippen molar-refractivity contribution in [1.29, 1.82) is 0 Å². The zero-order valence-corrected chi connectivity index (χ0v) is 25.4. The topological polar surface area (TPSA) is 102 Å². The Balaban J connectivity index is 1.21. The number of nitrogens with one attached hydrogen (secondary N) is 1. The molecule has 3 aromatic carbocycles. The summed E-state index contributed by atoms with van der Waals surface area (Å²) in [4.78, 5) is 13.4. The summed E-state index contributed by atoms with van der Waals surface area (Å²) in [5, 5.41) is 7.71. The number of nitrogens with zero attached hydrogens (tertiary/aromatic N) is 2. The Labute approximate surface area is 258 Å². The molecule has 10 nitrogen and oxygen atoms in total. The van der Waals surface area contributed by atoms with E-state index in [2.05, 4.69) is 12.2 Å². The molecule has 4 rings (SSSR count). The first kappa shape index (κ1) is 32.7. The molecule has 0 saturated heterocycles. The average Bonchev–Trinajstić information content (AvgIpc) is 3.52. The number of hydrogen-bond donors (Lipinski definition) is 1. The Bertz CT molecular complexity index is 1380. The molecule has 0 unspecified atom stereocenters. The van der Waals surface area contributed by atoms with Crippen LogP contribution in [-0.4, -0.2) is 82.3 Å². The molecule has 0 bridgehead atoms. The largest absolute Gasteiger partial charge is 0.497 e. The number of aromatic nitrogens is 2. The van der Waals surface area contributed by atoms with Crippen molar-refractivity contribution in [2.75, 3.05) is 71.9 Å². The summed E-state index contributed by atoms with van der Waals surface area (Å²) < 4.78 is 34.6. The Morgan fingerprint density at radius 1 is 0.705 bits per heavy atom. The Kier molecular flexibility index (Phi) is 13.7. The van der Waals surface area contributed by atoms with E-state index in [1.807, 2.05) is 66.7 Å². The molecule has 1 aromatic heterocycles. The highest BCUT2D eigenvalue weighted by molar-refractivity contribution is 6.08. The van der Waals surface area contributed by atoms with Gasteiger partial charge in [-0.25, -0.2) is 4.68 Å². The van der Waals surface area contributed by atoms with Crippen molar-refractivity contribution in [3.8, 4) is 28.4 Å². The molecular formula is C34H41N3O7. The van der Waals surface area contributed by atoms with Gasteiger partial charge in [-0.1, -0.05) is 25.1 Å². The molecule has 4 aromatic rings. The lowest BCUT2D eigenvalue weighted by Crippen LogP contribution is -2.14. The van der Waals surface area contributed by atoms with Gasteiger partial charge in [-0.15, -0.1) is 0 Å². The third-order valence-corrected chi connectivity index (χ3v) is 6.42. The van der Waals surface area contributed by atoms with Gasteiger partial charge >= 0.3 is 0 Å². The Morgan fingerprint density at radius 3 is 1.86 bits per heavy atom. The van der Waals surface area contributed by atoms with Crippen LogP contribution >= 0.6 is 0 Å². The van der Waals surface area contributed by atoms with Crippen LogP contribution in [-0.2, 0) is 18.9 Å². The van der Waals surface area contributed by atoms with E-state index in [0.29, 0.717) is 75.5 Å². The fraction of sp³-hybridized carbons (Fsp3) is 0.353. The summed E-state index contributed by atoms with van der Waals surface area (Å²) in [6, 6.07) is 24.4. The van der Waals surface area contributed by atoms with E-state index >= 15 is 0 Å². The number of amides is 1. The highest BCUT2D eigenvalue weighted by atomic mass is 16.6. The predicted molar refractivity (Wildman–Crippen MR) is 169 cm³/mol. The molecule has 0 saturated carbocycles. The van der Waals surface area contributed by atoms with Gasteiger partial charge in [0, 0.05) is 24.1 Å². The average molecular weight is 604 g/mol. The van der Waals surface area contributed by atoms with Crippen LogP contribution in [0.5, 0.6) is 11.5 Å². The summed E-state index contributed by atoms with van der Waals surface area (Å²) in [7, 11) is 1.62. The smallest absolute Gasteiger partial charge is 0.259 e. The number of ether oxygens (including phenoxy) is 6. The van der Waals surface area contributed by atoms with Gasteiger partial charge in [-0.3, -0.25) is 4.79 Å². The van der Waals surface area contributed by atoms with E-state index < -0.39 is 0 Å². The normalized spacial score (nSPS) is 11.0. The van der Waals surface area contributed by atoms with Gasteiger partial charge in [0.25, 0.3) is 5.91 Å². The van der Waals surface area contributed by atoms with E-state index in [1.54, 1.807) is 30.1 Å². The minimum absolute atomic E-state index is 0.269. The maximum atomic E-state index is 13.4. The molecule has 0 aliphatic carbocycles. The van der Waals surface area contributed by atoms with Crippen LogP contribution in [0, 0.1) is 0 Å². The van der Waals surface area contributed by atoms with Gasteiger partial charge in [0.2, 0.25) is 0 Å². The van der Waals surface area contributed by atoms with E-state index in [1.165, 1.54) is 0 Å². The van der Waals surface area contributed by atoms with Crippen molar-refractivity contribution in [1.82, 2.24) is 9.78 Å². The van der Waals surface area contributed by atoms with Crippen LogP contribution in [0.15, 0.2) is 85.1 Å². The van der Waals surface area contributed by atoms with Gasteiger partial charge in [0.05, 0.1) is 64.6 Å². The van der Waals surface area contributed by atoms with Gasteiger partial charge in [-0.2, -0.15) is 5.10 Å². The standard InChI is InChI=1S/C34H41N3O7/c1-3-17-40-18-19-41-20-21-42-22-23-43-24-25-44-31-15-11-28(12-16-31)35-34(38)32-26-37(29-7-5-4-6-8-29)36-33(32)27-9-13-30(39-2)14-10-27/h4-16,26H,3,17-25H2,1-2H3,(H,35,38). The lowest BCUT2D eigenvalue weighted by Gasteiger charge is -2.10. The molecule has 0 atom stereocenters. The van der Waals surface area contributed by atoms with Gasteiger partial charge in [0.15, 0.2) is 0 Å². The molecule has 1 amide bonds. The fourth-order valence-electron chi connectivity index (χ4n) is 4.17. The van der Waals surface area contributed by atoms with Crippen molar-refractivity contribution in [3.05, 3.63) is 90.6 Å². The number of rotatable bonds is 20. The molecule has 0 fully saturated rings. The van der Waals surface area contributed by atoms with Crippen LogP contribution in [0.1, 0.15) is 23.7 Å². The number of benzene rings is 3. The van der Waals surface area contributed by atoms with E-state index in [9.17, 15) is 4.79 Å². The quantitative estimate of drug-likeness (QED) is 0.129. The first-order valence-corrected chi connectivity index (χ1v) is 14.8. The maximum absolute atomic E-state index is 13.4. The summed E-state index contributed by atoms with van der Waals surface area (Å²) in [6.45, 7) is 6.91. The van der Waals surface area contributed by atoms with Crippen LogP contribution in [0.25, 0.3) is 16.9 Å². The molecule has 1 N–H and O–H groups in total. The third-order valence-electron chi connectivity index (χ3n) is 6.42. The maximum Gasteiger partial charge on any atom is 0.259 e. The molecule has 0 aliphatic rings. The lowest BCUT2D eigenvalue weighted by molar-refractivity contribution is -0.00450. The number of hydrogen-bond acceptors (Lipinski definition) is 8. The van der Waals surface area contributed by atoms with Crippen LogP contribution in [0.4, 0.5) is 5.69 Å². The first-order valence-electron chi connectivity index (χ1n) is 14.8. The lowest BCUT2D eigenvalue weighted by atomic mass is 10.1. The molecule has 1 heterocycles. The van der Waals surface area contributed by atoms with E-state index in [-0.39, 0.29) is 5.91 Å². The highest BCUT2D eigenvalue weighted by Crippen LogP contribution is 2.27. The van der Waals surface area contributed by atoms with Gasteiger partial charge in [0.1, 0.15) is 23.8 Å². The first-order chi connectivity index (χ1) is 21.7. The molecule has 234 valence electrons. The second-order valence-electron chi connectivity index (χ2n) is 9.68. The molecule has 44 heavy (non-hydrogen) atoms. The van der Waals surface area contributed by atoms with E-state index in [4.69, 9.17) is 33.5 Å². The molecular weight excluding hydrogens is 562 g/mol. The summed E-state index contributed by atoms with van der Waals surface area (Å²) in [5.41, 5.74) is 3.32. The molecule has 0 spiro atoms. The molecule has 10 heteroatoms. The fourth-order valence-corrected chi connectivity index (χ4v) is 4.17. The zero-order chi connectivity index (χ0) is 30.8. The third kappa shape index (κ3) is 10.5. The number of carbonyl (C=O) groups is 1. The highest BCUT2D eigenvalue weighted by Gasteiger charge is 2.19. The second kappa shape index (κ2) is 18.4. The van der Waals surface area contributed by atoms with Crippen LogP contribution in [0.2, 0.25) is 0 Å². The Hall–Kier alpha value is -4.22. The number of methoxy groups -OCH3 is 1. The predicted octanol–water partition coefficient (Wildman–Crippen LogP) is 5.66. The van der Waals surface area contributed by atoms with E-state index in [0.717, 1.165) is 30.0 Å². The van der Waals surface area contributed by atoms with Crippen molar-refractivity contribution in [3.63, 3.8) is 0 Å². The molecule has 0 aliphatic heterocycles. The summed E-state index contributed by atoms with van der Waals surface area (Å²) >= 11 is 0. The van der Waals surface area contributed by atoms with Crippen LogP contribution in [0.3, 0.4) is 0 Å². The van der Waals surface area contributed by atoms with Gasteiger partial charge in [-0.05, 0) is 67.1 Å². The van der Waals surface area contributed by atoms with Crippen LogP contribution < -0.4 is 14.8 Å². The second-order valence-corrected chi connectivity index (χ2v) is 9.68.